The van der Waals surface area contributed by atoms with Crippen LogP contribution in [0.3, 0.4) is 0 Å². The number of hydrogen-bond donors (Lipinski definition) is 0. The number of ether oxygens (including phenoxy) is 1. The highest BCUT2D eigenvalue weighted by molar-refractivity contribution is 5.86. The van der Waals surface area contributed by atoms with Gasteiger partial charge in [-0.25, -0.2) is 0 Å². The van der Waals surface area contributed by atoms with Gasteiger partial charge in [0.2, 0.25) is 5.91 Å². The molecular weight excluding hydrogens is 429 g/mol. The number of halogens is 3. The van der Waals surface area contributed by atoms with Crippen molar-refractivity contribution in [3.8, 4) is 5.75 Å². The van der Waals surface area contributed by atoms with Crippen LogP contribution in [0.1, 0.15) is 48.9 Å². The van der Waals surface area contributed by atoms with Crippen LogP contribution in [-0.2, 0) is 30.5 Å². The lowest BCUT2D eigenvalue weighted by atomic mass is 9.72. The van der Waals surface area contributed by atoms with E-state index >= 15 is 0 Å². The fourth-order valence-electron chi connectivity index (χ4n) is 5.61. The number of rotatable bonds is 4. The zero-order valence-electron chi connectivity index (χ0n) is 19.0. The number of hydrogen-bond acceptors (Lipinski definition) is 3. The van der Waals surface area contributed by atoms with Crippen molar-refractivity contribution in [2.24, 2.45) is 11.3 Å². The van der Waals surface area contributed by atoms with Gasteiger partial charge in [-0.05, 0) is 54.6 Å². The summed E-state index contributed by atoms with van der Waals surface area (Å²) in [5.41, 5.74) is 1.87. The van der Waals surface area contributed by atoms with Gasteiger partial charge in [0.1, 0.15) is 5.75 Å². The van der Waals surface area contributed by atoms with Crippen LogP contribution in [0.2, 0.25) is 0 Å². The van der Waals surface area contributed by atoms with Crippen molar-refractivity contribution in [3.63, 3.8) is 0 Å². The van der Waals surface area contributed by atoms with Crippen LogP contribution >= 0.6 is 0 Å². The van der Waals surface area contributed by atoms with Crippen molar-refractivity contribution in [1.29, 1.82) is 0 Å². The molecule has 0 radical (unpaired) electrons. The molecule has 2 aromatic rings. The Morgan fingerprint density at radius 3 is 2.58 bits per heavy atom. The van der Waals surface area contributed by atoms with E-state index in [9.17, 15) is 18.0 Å². The maximum atomic E-state index is 13.7. The van der Waals surface area contributed by atoms with E-state index in [1.54, 1.807) is 4.90 Å². The van der Waals surface area contributed by atoms with E-state index in [0.29, 0.717) is 24.2 Å². The molecule has 2 aromatic carbocycles. The fraction of sp³-hybridized carbons (Fsp3) is 0.500. The Balaban J connectivity index is 1.33. The Morgan fingerprint density at radius 1 is 1.09 bits per heavy atom. The number of amides is 1. The highest BCUT2D eigenvalue weighted by Crippen LogP contribution is 2.49. The molecule has 1 saturated heterocycles. The molecule has 0 aromatic heterocycles. The fourth-order valence-corrected chi connectivity index (χ4v) is 5.61. The lowest BCUT2D eigenvalue weighted by Crippen LogP contribution is -2.43. The van der Waals surface area contributed by atoms with Gasteiger partial charge in [0.15, 0.2) is 6.23 Å². The second-order valence-corrected chi connectivity index (χ2v) is 9.89. The summed E-state index contributed by atoms with van der Waals surface area (Å²) >= 11 is 0. The predicted octanol–water partition coefficient (Wildman–Crippen LogP) is 5.25. The maximum Gasteiger partial charge on any atom is 0.416 e. The van der Waals surface area contributed by atoms with E-state index in [4.69, 9.17) is 4.74 Å². The molecule has 0 bridgehead atoms. The summed E-state index contributed by atoms with van der Waals surface area (Å²) in [6, 6.07) is 12.0. The zero-order chi connectivity index (χ0) is 23.4. The van der Waals surface area contributed by atoms with Crippen LogP contribution in [0.4, 0.5) is 13.2 Å². The number of benzene rings is 2. The number of nitrogens with zero attached hydrogens (tertiary/aromatic N) is 2. The minimum atomic E-state index is -4.42. The standard InChI is InChI=1S/C26H29F3N2O2/c1-17(2)25(10-12-30-11-9-18-5-3-4-6-19(18)15-30)14-23-31(24(25)32)16-20-13-21(26(27,28)29)7-8-22(20)33-23/h3-8,13,17,23H,9-12,14-16H2,1-2H3. The molecule has 0 N–H and O–H groups in total. The first kappa shape index (κ1) is 22.3. The molecular formula is C26H29F3N2O2. The lowest BCUT2D eigenvalue weighted by molar-refractivity contribution is -0.142. The van der Waals surface area contributed by atoms with E-state index in [1.165, 1.54) is 17.2 Å². The lowest BCUT2D eigenvalue weighted by Gasteiger charge is -2.35. The normalized spacial score (nSPS) is 25.0. The van der Waals surface area contributed by atoms with E-state index in [1.807, 2.05) is 0 Å². The molecule has 3 aliphatic rings. The van der Waals surface area contributed by atoms with Gasteiger partial charge in [-0.15, -0.1) is 0 Å². The highest BCUT2D eigenvalue weighted by Gasteiger charge is 2.55. The predicted molar refractivity (Wildman–Crippen MR) is 118 cm³/mol. The SMILES string of the molecule is CC(C)C1(CCN2CCc3ccccc3C2)CC2Oc3ccc(C(F)(F)F)cc3CN2C1=O. The number of alkyl halides is 3. The van der Waals surface area contributed by atoms with Crippen molar-refractivity contribution >= 4 is 5.91 Å². The van der Waals surface area contributed by atoms with E-state index in [0.717, 1.165) is 38.2 Å². The second kappa shape index (κ2) is 8.05. The summed E-state index contributed by atoms with van der Waals surface area (Å²) in [7, 11) is 0. The molecule has 2 atom stereocenters. The summed E-state index contributed by atoms with van der Waals surface area (Å²) < 4.78 is 45.6. The van der Waals surface area contributed by atoms with Crippen molar-refractivity contribution in [3.05, 3.63) is 64.7 Å². The number of fused-ring (bicyclic) bond motifs is 3. The van der Waals surface area contributed by atoms with Crippen LogP contribution in [0.5, 0.6) is 5.75 Å². The van der Waals surface area contributed by atoms with E-state index < -0.39 is 23.4 Å². The Morgan fingerprint density at radius 2 is 1.85 bits per heavy atom. The first-order valence-electron chi connectivity index (χ1n) is 11.6. The van der Waals surface area contributed by atoms with Crippen LogP contribution < -0.4 is 4.74 Å². The molecule has 0 spiro atoms. The molecule has 4 nitrogen and oxygen atoms in total. The van der Waals surface area contributed by atoms with Gasteiger partial charge < -0.3 is 9.64 Å². The molecule has 3 heterocycles. The first-order chi connectivity index (χ1) is 15.7. The quantitative estimate of drug-likeness (QED) is 0.628. The Bertz CT molecular complexity index is 1070. The Hall–Kier alpha value is -2.54. The molecule has 33 heavy (non-hydrogen) atoms. The highest BCUT2D eigenvalue weighted by atomic mass is 19.4. The van der Waals surface area contributed by atoms with Crippen LogP contribution in [0, 0.1) is 11.3 Å². The third-order valence-corrected chi connectivity index (χ3v) is 7.75. The molecule has 7 heteroatoms. The number of carbonyl (C=O) groups excluding carboxylic acids is 1. The van der Waals surface area contributed by atoms with Crippen molar-refractivity contribution in [2.75, 3.05) is 13.1 Å². The topological polar surface area (TPSA) is 32.8 Å². The summed E-state index contributed by atoms with van der Waals surface area (Å²) in [4.78, 5) is 17.7. The van der Waals surface area contributed by atoms with Gasteiger partial charge in [-0.1, -0.05) is 38.1 Å². The largest absolute Gasteiger partial charge is 0.470 e. The monoisotopic (exact) mass is 458 g/mol. The average molecular weight is 459 g/mol. The van der Waals surface area contributed by atoms with Gasteiger partial charge in [-0.2, -0.15) is 13.2 Å². The van der Waals surface area contributed by atoms with Crippen LogP contribution in [0.25, 0.3) is 0 Å². The van der Waals surface area contributed by atoms with Gasteiger partial charge >= 0.3 is 6.18 Å². The summed E-state index contributed by atoms with van der Waals surface area (Å²) in [6.45, 7) is 6.95. The summed E-state index contributed by atoms with van der Waals surface area (Å²) in [6.07, 6.45) is -2.56. The molecule has 176 valence electrons. The third kappa shape index (κ3) is 3.90. The number of carbonyl (C=O) groups is 1. The van der Waals surface area contributed by atoms with Crippen molar-refractivity contribution in [2.45, 2.75) is 58.6 Å². The Kier molecular flexibility index (Phi) is 5.43. The van der Waals surface area contributed by atoms with Gasteiger partial charge in [0, 0.05) is 25.1 Å². The molecule has 3 aliphatic heterocycles. The molecule has 0 saturated carbocycles. The zero-order valence-corrected chi connectivity index (χ0v) is 19.0. The van der Waals surface area contributed by atoms with Gasteiger partial charge in [0.05, 0.1) is 17.5 Å². The maximum absolute atomic E-state index is 13.7. The van der Waals surface area contributed by atoms with Gasteiger partial charge in [-0.3, -0.25) is 9.69 Å². The molecule has 5 rings (SSSR count). The van der Waals surface area contributed by atoms with Crippen molar-refractivity contribution in [1.82, 2.24) is 9.80 Å². The second-order valence-electron chi connectivity index (χ2n) is 9.89. The Labute approximate surface area is 192 Å². The smallest absolute Gasteiger partial charge is 0.416 e. The minimum Gasteiger partial charge on any atom is -0.470 e. The molecule has 1 amide bonds. The van der Waals surface area contributed by atoms with Crippen LogP contribution in [-0.4, -0.2) is 35.0 Å². The average Bonchev–Trinajstić information content (AvgIpc) is 3.07. The summed E-state index contributed by atoms with van der Waals surface area (Å²) in [5.74, 6) is 0.553. The van der Waals surface area contributed by atoms with Crippen molar-refractivity contribution < 1.29 is 22.7 Å². The minimum absolute atomic E-state index is 0.00275. The summed E-state index contributed by atoms with van der Waals surface area (Å²) in [5, 5.41) is 0. The molecule has 2 unspecified atom stereocenters. The first-order valence-corrected chi connectivity index (χ1v) is 11.6. The molecule has 0 aliphatic carbocycles. The molecule has 1 fully saturated rings. The van der Waals surface area contributed by atoms with Crippen LogP contribution in [0.15, 0.2) is 42.5 Å². The van der Waals surface area contributed by atoms with Gasteiger partial charge in [0.25, 0.3) is 0 Å². The third-order valence-electron chi connectivity index (χ3n) is 7.75. The van der Waals surface area contributed by atoms with E-state index in [-0.39, 0.29) is 18.4 Å². The van der Waals surface area contributed by atoms with E-state index in [2.05, 4.69) is 43.0 Å².